The van der Waals surface area contributed by atoms with Crippen molar-refractivity contribution in [1.82, 2.24) is 19.4 Å². The van der Waals surface area contributed by atoms with Gasteiger partial charge in [0.15, 0.2) is 0 Å². The van der Waals surface area contributed by atoms with E-state index in [0.29, 0.717) is 45.5 Å². The maximum atomic E-state index is 13.1. The maximum Gasteiger partial charge on any atom is 0.250 e. The van der Waals surface area contributed by atoms with Crippen molar-refractivity contribution in [2.75, 3.05) is 45.3 Å². The molecule has 2 aromatic heterocycles. The average molecular weight is 524 g/mol. The Bertz CT molecular complexity index is 1350. The second-order valence-electron chi connectivity index (χ2n) is 10.7. The van der Waals surface area contributed by atoms with Gasteiger partial charge < -0.3 is 33.6 Å². The Balaban J connectivity index is 1.46. The number of nitrogens with one attached hydrogen (secondary N) is 1. The average Bonchev–Trinajstić information content (AvgIpc) is 3.24. The normalized spacial score (nSPS) is 18.3. The number of aryl methyl sites for hydroxylation is 3. The molecule has 0 unspecified atom stereocenters. The summed E-state index contributed by atoms with van der Waals surface area (Å²) in [6.07, 6.45) is 4.19. The summed E-state index contributed by atoms with van der Waals surface area (Å²) in [6, 6.07) is 9.62. The summed E-state index contributed by atoms with van der Waals surface area (Å²) in [7, 11) is 1.62. The predicted molar refractivity (Wildman–Crippen MR) is 144 cm³/mol. The first kappa shape index (κ1) is 26.4. The molecule has 5 rings (SSSR count). The van der Waals surface area contributed by atoms with Crippen LogP contribution in [0.1, 0.15) is 31.7 Å². The van der Waals surface area contributed by atoms with E-state index in [1.807, 2.05) is 10.6 Å². The number of imidazole rings is 1. The van der Waals surface area contributed by atoms with Gasteiger partial charge in [0.1, 0.15) is 25.9 Å². The molecule has 38 heavy (non-hydrogen) atoms. The van der Waals surface area contributed by atoms with E-state index in [0.717, 1.165) is 41.0 Å². The summed E-state index contributed by atoms with van der Waals surface area (Å²) < 4.78 is 19.8. The number of rotatable bonds is 11. The summed E-state index contributed by atoms with van der Waals surface area (Å²) >= 11 is 0. The lowest BCUT2D eigenvalue weighted by molar-refractivity contribution is -0.127. The maximum absolute atomic E-state index is 13.1. The van der Waals surface area contributed by atoms with Crippen molar-refractivity contribution >= 4 is 22.6 Å². The predicted octanol–water partition coefficient (Wildman–Crippen LogP) is 2.31. The Morgan fingerprint density at radius 1 is 1.26 bits per heavy atom. The third kappa shape index (κ3) is 5.48. The Kier molecular flexibility index (Phi) is 7.83. The van der Waals surface area contributed by atoms with Crippen LogP contribution in [0.25, 0.3) is 11.0 Å². The van der Waals surface area contributed by atoms with E-state index in [9.17, 15) is 9.59 Å². The molecule has 4 heterocycles. The van der Waals surface area contributed by atoms with Crippen LogP contribution in [0.2, 0.25) is 0 Å². The zero-order valence-corrected chi connectivity index (χ0v) is 22.4. The van der Waals surface area contributed by atoms with E-state index in [2.05, 4.69) is 36.2 Å². The van der Waals surface area contributed by atoms with E-state index in [-0.39, 0.29) is 30.2 Å². The number of anilines is 1. The summed E-state index contributed by atoms with van der Waals surface area (Å²) in [5, 5.41) is 3.08. The second kappa shape index (κ2) is 11.3. The largest absolute Gasteiger partial charge is 0.380 e. The van der Waals surface area contributed by atoms with E-state index in [1.165, 1.54) is 0 Å². The number of hydrogen-bond donors (Lipinski definition) is 1. The monoisotopic (exact) mass is 523 g/mol. The molecule has 1 aromatic carbocycles. The van der Waals surface area contributed by atoms with Crippen LogP contribution in [0.5, 0.6) is 0 Å². The molecular formula is C28H37N5O5. The molecule has 2 aliphatic rings. The molecule has 1 fully saturated rings. The minimum absolute atomic E-state index is 0.00587. The van der Waals surface area contributed by atoms with Crippen LogP contribution in [0.3, 0.4) is 0 Å². The molecule has 0 radical (unpaired) electrons. The lowest BCUT2D eigenvalue weighted by Crippen LogP contribution is -2.49. The Morgan fingerprint density at radius 2 is 2.11 bits per heavy atom. The Labute approximate surface area is 222 Å². The quantitative estimate of drug-likeness (QED) is 0.304. The number of carbonyl (C=O) groups excluding carboxylic acids is 1. The number of nitrogens with zero attached hydrogens (tertiary/aromatic N) is 4. The van der Waals surface area contributed by atoms with Gasteiger partial charge >= 0.3 is 0 Å². The van der Waals surface area contributed by atoms with E-state index < -0.39 is 0 Å². The van der Waals surface area contributed by atoms with Gasteiger partial charge in [0.2, 0.25) is 5.91 Å². The van der Waals surface area contributed by atoms with Gasteiger partial charge in [0.25, 0.3) is 5.56 Å². The molecule has 1 amide bonds. The van der Waals surface area contributed by atoms with Gasteiger partial charge in [-0.25, -0.2) is 4.98 Å². The fraction of sp³-hybridized carbons (Fsp3) is 0.536. The van der Waals surface area contributed by atoms with Crippen LogP contribution in [0.15, 0.2) is 41.3 Å². The SMILES string of the molecule is COCOCN1c2ccc3c(nc(CCn4ccccc4=O)n3CC(=O)NCC3(C)COC3)c2CC[C@@H]1C. The minimum Gasteiger partial charge on any atom is -0.380 e. The van der Waals surface area contributed by atoms with Crippen LogP contribution in [-0.2, 0) is 44.9 Å². The number of benzene rings is 1. The van der Waals surface area contributed by atoms with Crippen LogP contribution in [0, 0.1) is 5.41 Å². The Hall–Kier alpha value is -3.21. The van der Waals surface area contributed by atoms with E-state index >= 15 is 0 Å². The van der Waals surface area contributed by atoms with Crippen molar-refractivity contribution in [3.8, 4) is 0 Å². The van der Waals surface area contributed by atoms with Crippen LogP contribution in [-0.4, -0.2) is 66.5 Å². The first-order valence-corrected chi connectivity index (χ1v) is 13.2. The number of hydrogen-bond acceptors (Lipinski definition) is 7. The van der Waals surface area contributed by atoms with Gasteiger partial charge in [-0.15, -0.1) is 0 Å². The highest BCUT2D eigenvalue weighted by Gasteiger charge is 2.33. The third-order valence-corrected chi connectivity index (χ3v) is 7.56. The van der Waals surface area contributed by atoms with Crippen molar-refractivity contribution in [2.24, 2.45) is 5.41 Å². The molecule has 2 aliphatic heterocycles. The number of carbonyl (C=O) groups is 1. The van der Waals surface area contributed by atoms with Crippen molar-refractivity contribution in [2.45, 2.75) is 52.2 Å². The number of amides is 1. The van der Waals surface area contributed by atoms with Crippen molar-refractivity contribution in [3.05, 3.63) is 58.3 Å². The van der Waals surface area contributed by atoms with Gasteiger partial charge in [0.05, 0.1) is 24.2 Å². The first-order valence-electron chi connectivity index (χ1n) is 13.2. The molecule has 0 aliphatic carbocycles. The van der Waals surface area contributed by atoms with Crippen LogP contribution in [0.4, 0.5) is 5.69 Å². The molecule has 10 heteroatoms. The second-order valence-corrected chi connectivity index (χ2v) is 10.7. The van der Waals surface area contributed by atoms with Crippen molar-refractivity contribution in [3.63, 3.8) is 0 Å². The molecule has 1 atom stereocenters. The van der Waals surface area contributed by atoms with Gasteiger partial charge in [-0.1, -0.05) is 13.0 Å². The molecule has 204 valence electrons. The molecule has 0 bridgehead atoms. The number of ether oxygens (including phenoxy) is 3. The first-order chi connectivity index (χ1) is 18.4. The van der Waals surface area contributed by atoms with Crippen LogP contribution < -0.4 is 15.8 Å². The number of methoxy groups -OCH3 is 1. The topological polar surface area (TPSA) is 99.9 Å². The number of fused-ring (bicyclic) bond motifs is 3. The van der Waals surface area contributed by atoms with Crippen LogP contribution >= 0.6 is 0 Å². The molecule has 3 aromatic rings. The highest BCUT2D eigenvalue weighted by atomic mass is 16.7. The minimum atomic E-state index is -0.0588. The van der Waals surface area contributed by atoms with Crippen molar-refractivity contribution < 1.29 is 19.0 Å². The smallest absolute Gasteiger partial charge is 0.250 e. The summed E-state index contributed by atoms with van der Waals surface area (Å²) in [5.41, 5.74) is 4.05. The van der Waals surface area contributed by atoms with Gasteiger partial charge in [-0.3, -0.25) is 9.59 Å². The summed E-state index contributed by atoms with van der Waals surface area (Å²) in [6.45, 7) is 7.53. The fourth-order valence-electron chi connectivity index (χ4n) is 5.26. The zero-order valence-electron chi connectivity index (χ0n) is 22.4. The van der Waals surface area contributed by atoms with Crippen molar-refractivity contribution in [1.29, 1.82) is 0 Å². The third-order valence-electron chi connectivity index (χ3n) is 7.56. The molecular weight excluding hydrogens is 486 g/mol. The molecule has 1 saturated heterocycles. The Morgan fingerprint density at radius 3 is 2.84 bits per heavy atom. The highest BCUT2D eigenvalue weighted by molar-refractivity contribution is 5.88. The lowest BCUT2D eigenvalue weighted by Gasteiger charge is -2.38. The van der Waals surface area contributed by atoms with Gasteiger partial charge in [0, 0.05) is 61.6 Å². The highest BCUT2D eigenvalue weighted by Crippen LogP contribution is 2.36. The molecule has 0 saturated carbocycles. The van der Waals surface area contributed by atoms with Gasteiger partial charge in [-0.2, -0.15) is 0 Å². The fourth-order valence-corrected chi connectivity index (χ4v) is 5.26. The lowest BCUT2D eigenvalue weighted by atomic mass is 9.89. The molecule has 1 N–H and O–H groups in total. The number of pyridine rings is 1. The van der Waals surface area contributed by atoms with Gasteiger partial charge in [-0.05, 0) is 38.0 Å². The molecule has 0 spiro atoms. The van der Waals surface area contributed by atoms with E-state index in [1.54, 1.807) is 30.0 Å². The summed E-state index contributed by atoms with van der Waals surface area (Å²) in [5.74, 6) is 0.731. The zero-order chi connectivity index (χ0) is 26.7. The standard InChI is InChI=1S/C28H37N5O5/c1-20-7-8-21-22(33(20)18-38-19-36-3)9-10-23-27(21)30-24(11-13-31-12-5-4-6-26(31)35)32(23)14-25(34)29-15-28(2)16-37-17-28/h4-6,9-10,12,20H,7-8,11,13-19H2,1-3H3,(H,29,34)/t20-/m0/s1. The molecule has 10 nitrogen and oxygen atoms in total. The summed E-state index contributed by atoms with van der Waals surface area (Å²) in [4.78, 5) is 32.7. The number of aromatic nitrogens is 3. The van der Waals surface area contributed by atoms with E-state index in [4.69, 9.17) is 19.2 Å².